The number of rotatable bonds is 1. The molecule has 0 bridgehead atoms. The number of carboxylic acids is 1. The SMILES string of the molecule is O=C(O)[C@H]1CC[C@@H]2CCCC[C@@H]2N1. The second kappa shape index (κ2) is 3.66. The van der Waals surface area contributed by atoms with Crippen molar-refractivity contribution in [1.82, 2.24) is 5.32 Å². The fourth-order valence-electron chi connectivity index (χ4n) is 2.69. The molecule has 3 heteroatoms. The van der Waals surface area contributed by atoms with Crippen LogP contribution in [-0.2, 0) is 4.79 Å². The number of hydrogen-bond donors (Lipinski definition) is 2. The van der Waals surface area contributed by atoms with E-state index in [4.69, 9.17) is 5.11 Å². The highest BCUT2D eigenvalue weighted by atomic mass is 16.4. The molecule has 0 aromatic heterocycles. The van der Waals surface area contributed by atoms with Crippen molar-refractivity contribution in [2.75, 3.05) is 0 Å². The van der Waals surface area contributed by atoms with Gasteiger partial charge in [-0.05, 0) is 31.6 Å². The van der Waals surface area contributed by atoms with Gasteiger partial charge in [-0.2, -0.15) is 0 Å². The third-order valence-electron chi connectivity index (χ3n) is 3.45. The fourth-order valence-corrected chi connectivity index (χ4v) is 2.69. The molecule has 3 atom stereocenters. The van der Waals surface area contributed by atoms with Gasteiger partial charge in [0.25, 0.3) is 0 Å². The normalized spacial score (nSPS) is 39.5. The van der Waals surface area contributed by atoms with E-state index in [0.717, 1.165) is 18.8 Å². The number of fused-ring (bicyclic) bond motifs is 1. The smallest absolute Gasteiger partial charge is 0.320 e. The summed E-state index contributed by atoms with van der Waals surface area (Å²) < 4.78 is 0. The molecule has 0 amide bonds. The van der Waals surface area contributed by atoms with Crippen molar-refractivity contribution < 1.29 is 9.90 Å². The first kappa shape index (κ1) is 9.00. The molecule has 0 spiro atoms. The predicted molar refractivity (Wildman–Crippen MR) is 49.5 cm³/mol. The lowest BCUT2D eigenvalue weighted by Crippen LogP contribution is -2.51. The van der Waals surface area contributed by atoms with Crippen molar-refractivity contribution >= 4 is 5.97 Å². The molecule has 1 heterocycles. The van der Waals surface area contributed by atoms with E-state index >= 15 is 0 Å². The zero-order chi connectivity index (χ0) is 9.26. The number of hydrogen-bond acceptors (Lipinski definition) is 2. The van der Waals surface area contributed by atoms with Gasteiger partial charge in [-0.1, -0.05) is 12.8 Å². The summed E-state index contributed by atoms with van der Waals surface area (Å²) in [5, 5.41) is 12.1. The Morgan fingerprint density at radius 2 is 1.92 bits per heavy atom. The molecule has 2 fully saturated rings. The van der Waals surface area contributed by atoms with Crippen molar-refractivity contribution in [1.29, 1.82) is 0 Å². The van der Waals surface area contributed by atoms with Crippen LogP contribution in [-0.4, -0.2) is 23.2 Å². The molecule has 2 rings (SSSR count). The highest BCUT2D eigenvalue weighted by Gasteiger charge is 2.34. The van der Waals surface area contributed by atoms with Crippen LogP contribution in [0.4, 0.5) is 0 Å². The Labute approximate surface area is 78.5 Å². The quantitative estimate of drug-likeness (QED) is 0.645. The summed E-state index contributed by atoms with van der Waals surface area (Å²) in [7, 11) is 0. The molecular formula is C10H17NO2. The van der Waals surface area contributed by atoms with Crippen LogP contribution in [0.1, 0.15) is 38.5 Å². The maximum atomic E-state index is 10.8. The van der Waals surface area contributed by atoms with Crippen LogP contribution in [0.15, 0.2) is 0 Å². The van der Waals surface area contributed by atoms with Gasteiger partial charge in [0.1, 0.15) is 6.04 Å². The van der Waals surface area contributed by atoms with Gasteiger partial charge in [0, 0.05) is 6.04 Å². The third-order valence-corrected chi connectivity index (χ3v) is 3.45. The van der Waals surface area contributed by atoms with Crippen molar-refractivity contribution in [2.45, 2.75) is 50.6 Å². The Bertz CT molecular complexity index is 205. The molecule has 2 N–H and O–H groups in total. The van der Waals surface area contributed by atoms with E-state index in [-0.39, 0.29) is 6.04 Å². The molecule has 1 saturated carbocycles. The Morgan fingerprint density at radius 1 is 1.15 bits per heavy atom. The van der Waals surface area contributed by atoms with Crippen LogP contribution in [0.5, 0.6) is 0 Å². The summed E-state index contributed by atoms with van der Waals surface area (Å²) >= 11 is 0. The number of aliphatic carboxylic acids is 1. The Hall–Kier alpha value is -0.570. The lowest BCUT2D eigenvalue weighted by atomic mass is 9.78. The second-order valence-electron chi connectivity index (χ2n) is 4.29. The third kappa shape index (κ3) is 1.85. The van der Waals surface area contributed by atoms with Crippen LogP contribution in [0.3, 0.4) is 0 Å². The van der Waals surface area contributed by atoms with Gasteiger partial charge in [0.15, 0.2) is 0 Å². The lowest BCUT2D eigenvalue weighted by Gasteiger charge is -2.39. The van der Waals surface area contributed by atoms with Gasteiger partial charge in [0.2, 0.25) is 0 Å². The highest BCUT2D eigenvalue weighted by Crippen LogP contribution is 2.32. The van der Waals surface area contributed by atoms with Gasteiger partial charge in [0.05, 0.1) is 0 Å². The zero-order valence-electron chi connectivity index (χ0n) is 7.83. The summed E-state index contributed by atoms with van der Waals surface area (Å²) in [6.45, 7) is 0. The van der Waals surface area contributed by atoms with Gasteiger partial charge >= 0.3 is 5.97 Å². The zero-order valence-corrected chi connectivity index (χ0v) is 7.83. The highest BCUT2D eigenvalue weighted by molar-refractivity contribution is 5.73. The monoisotopic (exact) mass is 183 g/mol. The van der Waals surface area contributed by atoms with Crippen molar-refractivity contribution in [3.63, 3.8) is 0 Å². The second-order valence-corrected chi connectivity index (χ2v) is 4.29. The molecule has 1 aliphatic heterocycles. The first-order valence-electron chi connectivity index (χ1n) is 5.26. The van der Waals surface area contributed by atoms with E-state index in [1.54, 1.807) is 0 Å². The summed E-state index contributed by atoms with van der Waals surface area (Å²) in [6.07, 6.45) is 6.99. The molecule has 3 nitrogen and oxygen atoms in total. The Kier molecular flexibility index (Phi) is 2.54. The molecule has 2 aliphatic rings. The fraction of sp³-hybridized carbons (Fsp3) is 0.900. The molecule has 0 aromatic carbocycles. The number of piperidine rings is 1. The van der Waals surface area contributed by atoms with Gasteiger partial charge < -0.3 is 10.4 Å². The van der Waals surface area contributed by atoms with Crippen molar-refractivity contribution in [3.05, 3.63) is 0 Å². The average Bonchev–Trinajstić information content (AvgIpc) is 2.17. The largest absolute Gasteiger partial charge is 0.480 e. The summed E-state index contributed by atoms with van der Waals surface area (Å²) in [5.41, 5.74) is 0. The first-order valence-corrected chi connectivity index (χ1v) is 5.26. The molecule has 13 heavy (non-hydrogen) atoms. The molecule has 1 saturated heterocycles. The standard InChI is InChI=1S/C10H17NO2/c12-10(13)9-6-5-7-3-1-2-4-8(7)11-9/h7-9,11H,1-6H2,(H,12,13)/t7-,8-,9+/m0/s1. The summed E-state index contributed by atoms with van der Waals surface area (Å²) in [4.78, 5) is 10.8. The van der Waals surface area contributed by atoms with Gasteiger partial charge in [-0.15, -0.1) is 0 Å². The first-order chi connectivity index (χ1) is 6.27. The topological polar surface area (TPSA) is 49.3 Å². The molecular weight excluding hydrogens is 166 g/mol. The van der Waals surface area contributed by atoms with E-state index in [9.17, 15) is 4.79 Å². The molecule has 74 valence electrons. The lowest BCUT2D eigenvalue weighted by molar-refractivity contribution is -0.141. The molecule has 1 aliphatic carbocycles. The number of carbonyl (C=O) groups is 1. The van der Waals surface area contributed by atoms with Gasteiger partial charge in [-0.3, -0.25) is 4.79 Å². The minimum atomic E-state index is -0.677. The van der Waals surface area contributed by atoms with Crippen molar-refractivity contribution in [3.8, 4) is 0 Å². The van der Waals surface area contributed by atoms with Gasteiger partial charge in [-0.25, -0.2) is 0 Å². The summed E-state index contributed by atoms with van der Waals surface area (Å²) in [6, 6.07) is 0.211. The maximum absolute atomic E-state index is 10.8. The predicted octanol–water partition coefficient (Wildman–Crippen LogP) is 1.38. The average molecular weight is 183 g/mol. The molecule has 0 radical (unpaired) electrons. The summed E-state index contributed by atoms with van der Waals surface area (Å²) in [5.74, 6) is 0.0772. The van der Waals surface area contributed by atoms with E-state index in [1.807, 2.05) is 0 Å². The molecule has 0 unspecified atom stereocenters. The Balaban J connectivity index is 1.95. The van der Waals surface area contributed by atoms with E-state index in [2.05, 4.69) is 5.32 Å². The minimum absolute atomic E-state index is 0.278. The molecule has 0 aromatic rings. The van der Waals surface area contributed by atoms with Crippen LogP contribution >= 0.6 is 0 Å². The number of nitrogens with one attached hydrogen (secondary N) is 1. The maximum Gasteiger partial charge on any atom is 0.320 e. The van der Waals surface area contributed by atoms with Crippen molar-refractivity contribution in [2.24, 2.45) is 5.92 Å². The van der Waals surface area contributed by atoms with Crippen LogP contribution in [0.25, 0.3) is 0 Å². The van der Waals surface area contributed by atoms with Crippen LogP contribution in [0.2, 0.25) is 0 Å². The minimum Gasteiger partial charge on any atom is -0.480 e. The number of carboxylic acid groups (broad SMARTS) is 1. The van der Waals surface area contributed by atoms with E-state index in [0.29, 0.717) is 6.04 Å². The van der Waals surface area contributed by atoms with E-state index < -0.39 is 5.97 Å². The van der Waals surface area contributed by atoms with Crippen LogP contribution in [0, 0.1) is 5.92 Å². The Morgan fingerprint density at radius 3 is 2.69 bits per heavy atom. The van der Waals surface area contributed by atoms with E-state index in [1.165, 1.54) is 25.7 Å². The van der Waals surface area contributed by atoms with Crippen LogP contribution < -0.4 is 5.32 Å².